The molecule has 1 N–H and O–H groups in total. The third-order valence-electron chi connectivity index (χ3n) is 4.54. The van der Waals surface area contributed by atoms with Gasteiger partial charge in [-0.25, -0.2) is 0 Å². The molecule has 1 saturated carbocycles. The van der Waals surface area contributed by atoms with Crippen LogP contribution in [0.4, 0.5) is 0 Å². The van der Waals surface area contributed by atoms with Crippen LogP contribution in [0.3, 0.4) is 0 Å². The van der Waals surface area contributed by atoms with E-state index in [0.717, 1.165) is 38.2 Å². The van der Waals surface area contributed by atoms with E-state index in [9.17, 15) is 4.79 Å². The van der Waals surface area contributed by atoms with Crippen LogP contribution in [0.15, 0.2) is 24.4 Å². The largest absolute Gasteiger partial charge is 0.375 e. The van der Waals surface area contributed by atoms with Gasteiger partial charge < -0.3 is 10.1 Å². The predicted molar refractivity (Wildman–Crippen MR) is 84.2 cm³/mol. The van der Waals surface area contributed by atoms with Crippen LogP contribution < -0.4 is 5.32 Å². The van der Waals surface area contributed by atoms with E-state index in [-0.39, 0.29) is 24.0 Å². The van der Waals surface area contributed by atoms with Gasteiger partial charge in [0.15, 0.2) is 0 Å². The van der Waals surface area contributed by atoms with Crippen molar-refractivity contribution in [1.29, 1.82) is 0 Å². The van der Waals surface area contributed by atoms with E-state index in [1.165, 1.54) is 0 Å². The first-order valence-corrected chi connectivity index (χ1v) is 8.19. The van der Waals surface area contributed by atoms with Crippen LogP contribution in [-0.4, -0.2) is 47.1 Å². The molecule has 1 amide bonds. The summed E-state index contributed by atoms with van der Waals surface area (Å²) in [5, 5.41) is 3.03. The Labute approximate surface area is 132 Å². The number of ether oxygens (including phenoxy) is 1. The number of rotatable bonds is 4. The van der Waals surface area contributed by atoms with Crippen molar-refractivity contribution in [2.75, 3.05) is 13.2 Å². The molecule has 0 bridgehead atoms. The van der Waals surface area contributed by atoms with Crippen molar-refractivity contribution in [2.24, 2.45) is 5.92 Å². The van der Waals surface area contributed by atoms with Gasteiger partial charge in [0.2, 0.25) is 5.91 Å². The SMILES string of the molecule is CC(C)NC(=O)[C@H]1C[C@@H]2[C@@H](C1)OCCN2Cc1ccccn1. The van der Waals surface area contributed by atoms with Gasteiger partial charge in [-0.1, -0.05) is 6.07 Å². The minimum absolute atomic E-state index is 0.0710. The van der Waals surface area contributed by atoms with Crippen molar-refractivity contribution >= 4 is 5.91 Å². The first-order chi connectivity index (χ1) is 10.6. The van der Waals surface area contributed by atoms with E-state index in [4.69, 9.17) is 4.74 Å². The van der Waals surface area contributed by atoms with E-state index in [1.54, 1.807) is 0 Å². The maximum atomic E-state index is 12.3. The lowest BCUT2D eigenvalue weighted by Crippen LogP contribution is -2.48. The Hall–Kier alpha value is -1.46. The number of nitrogens with zero attached hydrogens (tertiary/aromatic N) is 2. The zero-order valence-electron chi connectivity index (χ0n) is 13.4. The average molecular weight is 303 g/mol. The van der Waals surface area contributed by atoms with Crippen LogP contribution in [0.1, 0.15) is 32.4 Å². The van der Waals surface area contributed by atoms with Crippen LogP contribution in [0.2, 0.25) is 0 Å². The van der Waals surface area contributed by atoms with E-state index in [0.29, 0.717) is 6.04 Å². The van der Waals surface area contributed by atoms with Crippen LogP contribution in [0.25, 0.3) is 0 Å². The summed E-state index contributed by atoms with van der Waals surface area (Å²) in [5.41, 5.74) is 1.08. The normalized spacial score (nSPS) is 28.6. The molecule has 1 aromatic heterocycles. The number of carbonyl (C=O) groups is 1. The van der Waals surface area contributed by atoms with Gasteiger partial charge in [-0.15, -0.1) is 0 Å². The number of fused-ring (bicyclic) bond motifs is 1. The second-order valence-corrected chi connectivity index (χ2v) is 6.60. The first kappa shape index (κ1) is 15.4. The zero-order chi connectivity index (χ0) is 15.5. The van der Waals surface area contributed by atoms with Gasteiger partial charge in [-0.2, -0.15) is 0 Å². The van der Waals surface area contributed by atoms with Crippen LogP contribution in [0, 0.1) is 5.92 Å². The summed E-state index contributed by atoms with van der Waals surface area (Å²) in [6.45, 7) is 6.50. The highest BCUT2D eigenvalue weighted by atomic mass is 16.5. The highest BCUT2D eigenvalue weighted by Gasteiger charge is 2.43. The smallest absolute Gasteiger partial charge is 0.223 e. The van der Waals surface area contributed by atoms with E-state index < -0.39 is 0 Å². The predicted octanol–water partition coefficient (Wildman–Crippen LogP) is 1.59. The molecule has 1 aliphatic carbocycles. The van der Waals surface area contributed by atoms with Gasteiger partial charge in [0, 0.05) is 37.3 Å². The first-order valence-electron chi connectivity index (χ1n) is 8.19. The molecule has 2 heterocycles. The molecule has 120 valence electrons. The lowest BCUT2D eigenvalue weighted by atomic mass is 10.1. The molecule has 3 atom stereocenters. The lowest BCUT2D eigenvalue weighted by Gasteiger charge is -2.37. The van der Waals surface area contributed by atoms with Gasteiger partial charge in [-0.05, 0) is 38.8 Å². The Morgan fingerprint density at radius 3 is 3.05 bits per heavy atom. The summed E-state index contributed by atoms with van der Waals surface area (Å²) in [4.78, 5) is 19.1. The van der Waals surface area contributed by atoms with E-state index in [1.807, 2.05) is 32.2 Å². The van der Waals surface area contributed by atoms with Gasteiger partial charge >= 0.3 is 0 Å². The van der Waals surface area contributed by atoms with Crippen molar-refractivity contribution in [3.05, 3.63) is 30.1 Å². The molecule has 5 heteroatoms. The molecule has 1 saturated heterocycles. The second-order valence-electron chi connectivity index (χ2n) is 6.60. The second kappa shape index (κ2) is 6.75. The fraction of sp³-hybridized carbons (Fsp3) is 0.647. The summed E-state index contributed by atoms with van der Waals surface area (Å²) in [7, 11) is 0. The number of amides is 1. The minimum Gasteiger partial charge on any atom is -0.375 e. The molecular formula is C17H25N3O2. The fourth-order valence-electron chi connectivity index (χ4n) is 3.54. The van der Waals surface area contributed by atoms with Crippen molar-refractivity contribution in [3.8, 4) is 0 Å². The third kappa shape index (κ3) is 3.47. The van der Waals surface area contributed by atoms with E-state index >= 15 is 0 Å². The Morgan fingerprint density at radius 2 is 2.32 bits per heavy atom. The van der Waals surface area contributed by atoms with Gasteiger partial charge in [0.05, 0.1) is 18.4 Å². The molecule has 0 aromatic carbocycles. The van der Waals surface area contributed by atoms with E-state index in [2.05, 4.69) is 21.3 Å². The molecule has 0 radical (unpaired) electrons. The number of carbonyl (C=O) groups excluding carboxylic acids is 1. The monoisotopic (exact) mass is 303 g/mol. The highest BCUT2D eigenvalue weighted by molar-refractivity contribution is 5.79. The van der Waals surface area contributed by atoms with Crippen molar-refractivity contribution < 1.29 is 9.53 Å². The lowest BCUT2D eigenvalue weighted by molar-refractivity contribution is -0.125. The summed E-state index contributed by atoms with van der Waals surface area (Å²) in [6.07, 6.45) is 3.74. The van der Waals surface area contributed by atoms with Gasteiger partial charge in [0.25, 0.3) is 0 Å². The molecule has 5 nitrogen and oxygen atoms in total. The molecule has 1 aromatic rings. The highest BCUT2D eigenvalue weighted by Crippen LogP contribution is 2.35. The summed E-state index contributed by atoms with van der Waals surface area (Å²) in [6, 6.07) is 6.54. The molecule has 22 heavy (non-hydrogen) atoms. The zero-order valence-corrected chi connectivity index (χ0v) is 13.4. The maximum Gasteiger partial charge on any atom is 0.223 e. The minimum atomic E-state index is 0.0710. The molecule has 2 fully saturated rings. The molecule has 0 spiro atoms. The molecule has 0 unspecified atom stereocenters. The standard InChI is InChI=1S/C17H25N3O2/c1-12(2)19-17(21)13-9-15-16(10-13)22-8-7-20(15)11-14-5-3-4-6-18-14/h3-6,12-13,15-16H,7-11H2,1-2H3,(H,19,21)/t13-,15+,16+/m0/s1. The van der Waals surface area contributed by atoms with Crippen LogP contribution >= 0.6 is 0 Å². The Balaban J connectivity index is 1.64. The topological polar surface area (TPSA) is 54.5 Å². The fourth-order valence-corrected chi connectivity index (χ4v) is 3.54. The number of morpholine rings is 1. The van der Waals surface area contributed by atoms with Crippen molar-refractivity contribution in [2.45, 2.75) is 51.4 Å². The van der Waals surface area contributed by atoms with Gasteiger partial charge in [-0.3, -0.25) is 14.7 Å². The molecular weight excluding hydrogens is 278 g/mol. The summed E-state index contributed by atoms with van der Waals surface area (Å²) < 4.78 is 5.91. The Kier molecular flexibility index (Phi) is 4.74. The number of aromatic nitrogens is 1. The quantitative estimate of drug-likeness (QED) is 0.918. The van der Waals surface area contributed by atoms with Crippen LogP contribution in [0.5, 0.6) is 0 Å². The molecule has 3 rings (SSSR count). The van der Waals surface area contributed by atoms with Crippen LogP contribution in [-0.2, 0) is 16.1 Å². The number of nitrogens with one attached hydrogen (secondary N) is 1. The number of hydrogen-bond donors (Lipinski definition) is 1. The molecule has 1 aliphatic heterocycles. The Morgan fingerprint density at radius 1 is 1.45 bits per heavy atom. The van der Waals surface area contributed by atoms with Crippen molar-refractivity contribution in [1.82, 2.24) is 15.2 Å². The van der Waals surface area contributed by atoms with Crippen molar-refractivity contribution in [3.63, 3.8) is 0 Å². The Bertz CT molecular complexity index is 506. The third-order valence-corrected chi connectivity index (χ3v) is 4.54. The number of pyridine rings is 1. The maximum absolute atomic E-state index is 12.3. The number of hydrogen-bond acceptors (Lipinski definition) is 4. The summed E-state index contributed by atoms with van der Waals surface area (Å²) >= 11 is 0. The molecule has 2 aliphatic rings. The van der Waals surface area contributed by atoms with Gasteiger partial charge in [0.1, 0.15) is 0 Å². The summed E-state index contributed by atoms with van der Waals surface area (Å²) in [5.74, 6) is 0.243. The average Bonchev–Trinajstić information content (AvgIpc) is 2.93.